The Kier molecular flexibility index (Phi) is 17.9. The van der Waals surface area contributed by atoms with Crippen LogP contribution in [0, 0.1) is 21.4 Å². The molecule has 48 heavy (non-hydrogen) atoms. The van der Waals surface area contributed by atoms with Crippen molar-refractivity contribution < 1.29 is 33.9 Å². The van der Waals surface area contributed by atoms with Gasteiger partial charge < -0.3 is 25.4 Å². The molecule has 1 aromatic rings. The standard InChI is InChI=1S/C36H58N4O8/c1-10-14-15-33(42)39(20-11-2)31(24(5)6)22-32(48-25(7)41)29(12-3)38-30(13-4)34(43)37-27(23-36(8,9)35(44)45)21-26-16-18-28(19-17-26)40(46)47/h13,16-19,24,27,29,31-32,38H,10-12,14-15,20-23H2,1-9H3,(H,37,43)(H,44,45)/b30-13-. The van der Waals surface area contributed by atoms with Gasteiger partial charge in [-0.2, -0.15) is 0 Å². The van der Waals surface area contributed by atoms with Crippen LogP contribution < -0.4 is 10.6 Å². The van der Waals surface area contributed by atoms with Gasteiger partial charge in [-0.3, -0.25) is 29.3 Å². The molecule has 0 aliphatic carbocycles. The van der Waals surface area contributed by atoms with Crippen molar-refractivity contribution in [3.05, 3.63) is 51.7 Å². The molecule has 4 unspecified atom stereocenters. The van der Waals surface area contributed by atoms with Gasteiger partial charge in [-0.25, -0.2) is 0 Å². The van der Waals surface area contributed by atoms with E-state index in [1.165, 1.54) is 19.1 Å². The van der Waals surface area contributed by atoms with E-state index in [2.05, 4.69) is 10.6 Å². The number of carboxylic acids is 1. The van der Waals surface area contributed by atoms with E-state index in [1.807, 2.05) is 39.5 Å². The van der Waals surface area contributed by atoms with Gasteiger partial charge in [0.2, 0.25) is 5.91 Å². The van der Waals surface area contributed by atoms with Gasteiger partial charge in [-0.05, 0) is 64.4 Å². The molecule has 12 heteroatoms. The highest BCUT2D eigenvalue weighted by Gasteiger charge is 2.35. The van der Waals surface area contributed by atoms with Crippen LogP contribution in [0.3, 0.4) is 0 Å². The number of carbonyl (C=O) groups is 4. The molecule has 4 atom stereocenters. The number of unbranched alkanes of at least 4 members (excludes halogenated alkanes) is 1. The molecule has 0 aliphatic rings. The van der Waals surface area contributed by atoms with Crippen molar-refractivity contribution >= 4 is 29.4 Å². The Morgan fingerprint density at radius 2 is 1.69 bits per heavy atom. The number of carbonyl (C=O) groups excluding carboxylic acids is 3. The number of nitro benzene ring substituents is 1. The predicted molar refractivity (Wildman–Crippen MR) is 186 cm³/mol. The van der Waals surface area contributed by atoms with E-state index in [0.29, 0.717) is 31.4 Å². The van der Waals surface area contributed by atoms with Gasteiger partial charge in [0.15, 0.2) is 0 Å². The quantitative estimate of drug-likeness (QED) is 0.0564. The van der Waals surface area contributed by atoms with Gasteiger partial charge in [-0.15, -0.1) is 0 Å². The van der Waals surface area contributed by atoms with Crippen molar-refractivity contribution in [1.29, 1.82) is 0 Å². The molecule has 0 aliphatic heterocycles. The molecule has 0 heterocycles. The van der Waals surface area contributed by atoms with Crippen molar-refractivity contribution in [2.75, 3.05) is 6.54 Å². The number of esters is 1. The van der Waals surface area contributed by atoms with Crippen LogP contribution >= 0.6 is 0 Å². The maximum atomic E-state index is 13.7. The molecule has 0 bridgehead atoms. The van der Waals surface area contributed by atoms with Crippen molar-refractivity contribution in [2.24, 2.45) is 11.3 Å². The molecule has 0 radical (unpaired) electrons. The van der Waals surface area contributed by atoms with Crippen molar-refractivity contribution in [3.63, 3.8) is 0 Å². The number of hydrogen-bond donors (Lipinski definition) is 3. The van der Waals surface area contributed by atoms with E-state index in [-0.39, 0.29) is 42.1 Å². The SMILES string of the molecule is C/C=C(\NC(CC)C(CC(C(C)C)N(CCC)C(=O)CCCC)OC(C)=O)C(=O)NC(Cc1ccc([N+](=O)[O-])cc1)CC(C)(C)C(=O)O. The Labute approximate surface area is 286 Å². The van der Waals surface area contributed by atoms with E-state index in [9.17, 15) is 34.4 Å². The lowest BCUT2D eigenvalue weighted by atomic mass is 9.84. The number of nitro groups is 1. The third-order valence-electron chi connectivity index (χ3n) is 8.55. The van der Waals surface area contributed by atoms with Crippen LogP contribution in [0.1, 0.15) is 113 Å². The molecule has 1 aromatic carbocycles. The second kappa shape index (κ2) is 20.4. The summed E-state index contributed by atoms with van der Waals surface area (Å²) in [6.07, 6.45) is 5.16. The van der Waals surface area contributed by atoms with Crippen LogP contribution in [-0.2, 0) is 30.3 Å². The number of hydrogen-bond acceptors (Lipinski definition) is 8. The first-order valence-corrected chi connectivity index (χ1v) is 17.2. The van der Waals surface area contributed by atoms with Gasteiger partial charge in [-0.1, -0.05) is 59.2 Å². The van der Waals surface area contributed by atoms with Crippen molar-refractivity contribution in [1.82, 2.24) is 15.5 Å². The van der Waals surface area contributed by atoms with E-state index in [0.717, 1.165) is 19.3 Å². The molecule has 3 N–H and O–H groups in total. The first kappa shape index (κ1) is 42.1. The van der Waals surface area contributed by atoms with Crippen LogP contribution in [-0.4, -0.2) is 69.5 Å². The number of rotatable bonds is 22. The highest BCUT2D eigenvalue weighted by molar-refractivity contribution is 5.93. The minimum absolute atomic E-state index is 0.0682. The molecule has 0 saturated carbocycles. The zero-order valence-corrected chi connectivity index (χ0v) is 30.3. The van der Waals surface area contributed by atoms with Gasteiger partial charge in [0.1, 0.15) is 6.10 Å². The second-order valence-electron chi connectivity index (χ2n) is 13.4. The maximum absolute atomic E-state index is 13.7. The normalized spacial score (nSPS) is 14.4. The molecule has 0 saturated heterocycles. The molecule has 12 nitrogen and oxygen atoms in total. The minimum Gasteiger partial charge on any atom is -0.481 e. The summed E-state index contributed by atoms with van der Waals surface area (Å²) in [6, 6.07) is 4.66. The fourth-order valence-corrected chi connectivity index (χ4v) is 5.81. The molecular formula is C36H58N4O8. The number of nitrogens with one attached hydrogen (secondary N) is 2. The van der Waals surface area contributed by atoms with Gasteiger partial charge in [0.05, 0.1) is 22.1 Å². The third kappa shape index (κ3) is 13.6. The fraction of sp³-hybridized carbons (Fsp3) is 0.667. The molecule has 0 aromatic heterocycles. The summed E-state index contributed by atoms with van der Waals surface area (Å²) >= 11 is 0. The average molecular weight is 675 g/mol. The number of nitrogens with zero attached hydrogens (tertiary/aromatic N) is 2. The topological polar surface area (TPSA) is 168 Å². The average Bonchev–Trinajstić information content (AvgIpc) is 3.01. The van der Waals surface area contributed by atoms with E-state index >= 15 is 0 Å². The van der Waals surface area contributed by atoms with Crippen molar-refractivity contribution in [2.45, 2.75) is 138 Å². The van der Waals surface area contributed by atoms with Crippen LogP contribution in [0.5, 0.6) is 0 Å². The van der Waals surface area contributed by atoms with E-state index in [1.54, 1.807) is 39.0 Å². The molecule has 1 rings (SSSR count). The predicted octanol–water partition coefficient (Wildman–Crippen LogP) is 6.17. The maximum Gasteiger partial charge on any atom is 0.309 e. The first-order chi connectivity index (χ1) is 22.5. The molecular weight excluding hydrogens is 616 g/mol. The molecule has 0 fully saturated rings. The lowest BCUT2D eigenvalue weighted by Gasteiger charge is -2.38. The van der Waals surface area contributed by atoms with Crippen LogP contribution in [0.2, 0.25) is 0 Å². The minimum atomic E-state index is -1.17. The lowest BCUT2D eigenvalue weighted by molar-refractivity contribution is -0.384. The summed E-state index contributed by atoms with van der Waals surface area (Å²) in [4.78, 5) is 63.9. The molecule has 0 spiro atoms. The Bertz CT molecular complexity index is 1240. The van der Waals surface area contributed by atoms with Crippen LogP contribution in [0.4, 0.5) is 5.69 Å². The zero-order valence-electron chi connectivity index (χ0n) is 30.3. The number of aliphatic carboxylic acids is 1. The summed E-state index contributed by atoms with van der Waals surface area (Å²) in [6.45, 7) is 16.9. The zero-order chi connectivity index (χ0) is 36.6. The van der Waals surface area contributed by atoms with Gasteiger partial charge in [0.25, 0.3) is 11.6 Å². The number of amides is 2. The third-order valence-corrected chi connectivity index (χ3v) is 8.55. The number of carboxylic acid groups (broad SMARTS) is 1. The number of allylic oxidation sites excluding steroid dienone is 1. The van der Waals surface area contributed by atoms with Gasteiger partial charge in [0, 0.05) is 50.5 Å². The Balaban J connectivity index is 3.34. The van der Waals surface area contributed by atoms with E-state index < -0.39 is 46.4 Å². The Morgan fingerprint density at radius 3 is 2.15 bits per heavy atom. The number of non-ortho nitro benzene ring substituents is 1. The summed E-state index contributed by atoms with van der Waals surface area (Å²) in [7, 11) is 0. The Hall–Kier alpha value is -3.96. The second-order valence-corrected chi connectivity index (χ2v) is 13.4. The smallest absolute Gasteiger partial charge is 0.309 e. The summed E-state index contributed by atoms with van der Waals surface area (Å²) in [5.41, 5.74) is -0.305. The number of ether oxygens (including phenoxy) is 1. The fourth-order valence-electron chi connectivity index (χ4n) is 5.81. The van der Waals surface area contributed by atoms with Crippen LogP contribution in [0.25, 0.3) is 0 Å². The highest BCUT2D eigenvalue weighted by atomic mass is 16.6. The molecule has 2 amide bonds. The van der Waals surface area contributed by atoms with E-state index in [4.69, 9.17) is 4.74 Å². The summed E-state index contributed by atoms with van der Waals surface area (Å²) in [5, 5.41) is 27.2. The number of benzene rings is 1. The van der Waals surface area contributed by atoms with Crippen molar-refractivity contribution in [3.8, 4) is 0 Å². The van der Waals surface area contributed by atoms with Gasteiger partial charge >= 0.3 is 11.9 Å². The highest BCUT2D eigenvalue weighted by Crippen LogP contribution is 2.26. The summed E-state index contributed by atoms with van der Waals surface area (Å²) < 4.78 is 5.87. The largest absolute Gasteiger partial charge is 0.481 e. The Morgan fingerprint density at radius 1 is 1.06 bits per heavy atom. The molecule has 270 valence electrons. The lowest BCUT2D eigenvalue weighted by Crippen LogP contribution is -2.51. The van der Waals surface area contributed by atoms with Crippen LogP contribution in [0.15, 0.2) is 36.0 Å². The monoisotopic (exact) mass is 674 g/mol. The summed E-state index contributed by atoms with van der Waals surface area (Å²) in [5.74, 6) is -1.78. The first-order valence-electron chi connectivity index (χ1n) is 17.2.